The maximum atomic E-state index is 12.3. The first-order chi connectivity index (χ1) is 12.8. The van der Waals surface area contributed by atoms with E-state index < -0.39 is 4.92 Å². The fourth-order valence-corrected chi connectivity index (χ4v) is 2.90. The number of carbonyl (C=O) groups is 1. The van der Waals surface area contributed by atoms with Crippen molar-refractivity contribution in [3.8, 4) is 11.5 Å². The summed E-state index contributed by atoms with van der Waals surface area (Å²) < 4.78 is 10.5. The molecule has 0 aliphatic rings. The Labute approximate surface area is 158 Å². The Bertz CT molecular complexity index is 835. The van der Waals surface area contributed by atoms with Gasteiger partial charge >= 0.3 is 5.69 Å². The molecule has 0 aliphatic heterocycles. The van der Waals surface area contributed by atoms with Crippen LogP contribution in [0.2, 0.25) is 0 Å². The van der Waals surface area contributed by atoms with Gasteiger partial charge in [-0.2, -0.15) is 0 Å². The number of benzene rings is 2. The van der Waals surface area contributed by atoms with Gasteiger partial charge in [0.05, 0.1) is 18.1 Å². The molecule has 1 atom stereocenters. The molecule has 0 spiro atoms. The number of rotatable bonds is 8. The highest BCUT2D eigenvalue weighted by atomic mass is 16.6. The van der Waals surface area contributed by atoms with E-state index in [1.54, 1.807) is 0 Å². The summed E-state index contributed by atoms with van der Waals surface area (Å²) in [5.41, 5.74) is 3.22. The molecule has 2 rings (SSSR count). The molecule has 0 saturated heterocycles. The number of amides is 1. The minimum Gasteiger partial charge on any atom is -0.490 e. The zero-order valence-electron chi connectivity index (χ0n) is 15.9. The molecule has 0 aromatic heterocycles. The van der Waals surface area contributed by atoms with Gasteiger partial charge in [0.15, 0.2) is 6.61 Å². The Hall–Kier alpha value is -3.09. The highest BCUT2D eigenvalue weighted by Gasteiger charge is 2.17. The fourth-order valence-electron chi connectivity index (χ4n) is 2.90. The molecule has 0 aliphatic carbocycles. The molecule has 7 heteroatoms. The molecular formula is C20H24N2O5. The normalized spacial score (nSPS) is 11.6. The number of hydrogen-bond donors (Lipinski definition) is 1. The van der Waals surface area contributed by atoms with Crippen molar-refractivity contribution in [1.29, 1.82) is 0 Å². The van der Waals surface area contributed by atoms with Gasteiger partial charge in [-0.1, -0.05) is 30.7 Å². The van der Waals surface area contributed by atoms with E-state index in [-0.39, 0.29) is 30.0 Å². The number of carbonyl (C=O) groups excluding carboxylic acids is 1. The largest absolute Gasteiger partial charge is 0.490 e. The molecule has 1 N–H and O–H groups in total. The van der Waals surface area contributed by atoms with Gasteiger partial charge in [-0.25, -0.2) is 0 Å². The predicted molar refractivity (Wildman–Crippen MR) is 102 cm³/mol. The van der Waals surface area contributed by atoms with Gasteiger partial charge in [0, 0.05) is 12.1 Å². The molecule has 1 unspecified atom stereocenters. The Kier molecular flexibility index (Phi) is 6.76. The zero-order chi connectivity index (χ0) is 20.0. The monoisotopic (exact) mass is 372 g/mol. The number of nitro benzene ring substituents is 1. The van der Waals surface area contributed by atoms with Crippen LogP contribution in [-0.2, 0) is 4.79 Å². The standard InChI is InChI=1S/C20H24N2O5/c1-5-17(16-8-6-13(2)10-14(16)3)21-20(23)12-27-15-7-9-18(22(24)25)19(11-15)26-4/h6-11,17H,5,12H2,1-4H3,(H,21,23). The maximum absolute atomic E-state index is 12.3. The Morgan fingerprint density at radius 2 is 1.96 bits per heavy atom. The van der Waals surface area contributed by atoms with Crippen LogP contribution in [0.4, 0.5) is 5.69 Å². The smallest absolute Gasteiger partial charge is 0.311 e. The summed E-state index contributed by atoms with van der Waals surface area (Å²) in [6.07, 6.45) is 0.751. The third-order valence-electron chi connectivity index (χ3n) is 4.26. The van der Waals surface area contributed by atoms with E-state index in [0.29, 0.717) is 5.75 Å². The van der Waals surface area contributed by atoms with Crippen molar-refractivity contribution < 1.29 is 19.2 Å². The molecule has 7 nitrogen and oxygen atoms in total. The minimum absolute atomic E-state index is 0.0830. The number of aryl methyl sites for hydroxylation is 2. The highest BCUT2D eigenvalue weighted by molar-refractivity contribution is 5.78. The van der Waals surface area contributed by atoms with Crippen LogP contribution in [0.15, 0.2) is 36.4 Å². The first-order valence-electron chi connectivity index (χ1n) is 8.67. The van der Waals surface area contributed by atoms with Gasteiger partial charge in [-0.3, -0.25) is 14.9 Å². The lowest BCUT2D eigenvalue weighted by atomic mass is 9.97. The number of ether oxygens (including phenoxy) is 2. The zero-order valence-corrected chi connectivity index (χ0v) is 15.9. The molecule has 0 heterocycles. The van der Waals surface area contributed by atoms with Crippen LogP contribution in [0.5, 0.6) is 11.5 Å². The topological polar surface area (TPSA) is 90.7 Å². The number of nitrogens with zero attached hydrogens (tertiary/aromatic N) is 1. The van der Waals surface area contributed by atoms with E-state index >= 15 is 0 Å². The molecule has 144 valence electrons. The Balaban J connectivity index is 2.01. The molecule has 2 aromatic rings. The van der Waals surface area contributed by atoms with E-state index in [0.717, 1.165) is 17.5 Å². The number of hydrogen-bond acceptors (Lipinski definition) is 5. The van der Waals surface area contributed by atoms with Crippen LogP contribution >= 0.6 is 0 Å². The van der Waals surface area contributed by atoms with E-state index in [4.69, 9.17) is 9.47 Å². The summed E-state index contributed by atoms with van der Waals surface area (Å²) in [6.45, 7) is 5.87. The quantitative estimate of drug-likeness (QED) is 0.561. The van der Waals surface area contributed by atoms with Crippen molar-refractivity contribution in [1.82, 2.24) is 5.32 Å². The minimum atomic E-state index is -0.537. The average Bonchev–Trinajstić information content (AvgIpc) is 2.64. The van der Waals surface area contributed by atoms with Crippen molar-refractivity contribution in [3.05, 3.63) is 63.2 Å². The third kappa shape index (κ3) is 5.20. The molecule has 1 amide bonds. The van der Waals surface area contributed by atoms with Gasteiger partial charge < -0.3 is 14.8 Å². The first-order valence-corrected chi connectivity index (χ1v) is 8.67. The summed E-state index contributed by atoms with van der Waals surface area (Å²) in [5.74, 6) is 0.144. The van der Waals surface area contributed by atoms with Gasteiger partial charge in [-0.15, -0.1) is 0 Å². The predicted octanol–water partition coefficient (Wildman–Crippen LogP) is 3.87. The van der Waals surface area contributed by atoms with Crippen LogP contribution in [0.1, 0.15) is 36.1 Å². The van der Waals surface area contributed by atoms with Gasteiger partial charge in [0.25, 0.3) is 5.91 Å². The summed E-state index contributed by atoms with van der Waals surface area (Å²) in [4.78, 5) is 22.7. The van der Waals surface area contributed by atoms with Crippen molar-refractivity contribution >= 4 is 11.6 Å². The van der Waals surface area contributed by atoms with E-state index in [9.17, 15) is 14.9 Å². The number of nitrogens with one attached hydrogen (secondary N) is 1. The number of nitro groups is 1. The average molecular weight is 372 g/mol. The fraction of sp³-hybridized carbons (Fsp3) is 0.350. The SMILES string of the molecule is CCC(NC(=O)COc1ccc([N+](=O)[O-])c(OC)c1)c1ccc(C)cc1C. The second-order valence-electron chi connectivity index (χ2n) is 6.27. The summed E-state index contributed by atoms with van der Waals surface area (Å²) >= 11 is 0. The highest BCUT2D eigenvalue weighted by Crippen LogP contribution is 2.30. The van der Waals surface area contributed by atoms with Crippen LogP contribution in [0.25, 0.3) is 0 Å². The van der Waals surface area contributed by atoms with E-state index in [1.165, 1.54) is 30.9 Å². The van der Waals surface area contributed by atoms with E-state index in [1.807, 2.05) is 32.9 Å². The second-order valence-corrected chi connectivity index (χ2v) is 6.27. The molecule has 0 fully saturated rings. The summed E-state index contributed by atoms with van der Waals surface area (Å²) in [6, 6.07) is 10.2. The lowest BCUT2D eigenvalue weighted by Crippen LogP contribution is -2.32. The van der Waals surface area contributed by atoms with E-state index in [2.05, 4.69) is 11.4 Å². The second kappa shape index (κ2) is 9.02. The number of methoxy groups -OCH3 is 1. The van der Waals surface area contributed by atoms with Gasteiger partial charge in [0.1, 0.15) is 5.75 Å². The van der Waals surface area contributed by atoms with Crippen molar-refractivity contribution in [2.75, 3.05) is 13.7 Å². The molecule has 2 aromatic carbocycles. The maximum Gasteiger partial charge on any atom is 0.311 e. The molecular weight excluding hydrogens is 348 g/mol. The third-order valence-corrected chi connectivity index (χ3v) is 4.26. The van der Waals surface area contributed by atoms with Gasteiger partial charge in [-0.05, 0) is 37.5 Å². The lowest BCUT2D eigenvalue weighted by Gasteiger charge is -2.20. The van der Waals surface area contributed by atoms with Crippen molar-refractivity contribution in [2.45, 2.75) is 33.2 Å². The van der Waals surface area contributed by atoms with Crippen LogP contribution in [0.3, 0.4) is 0 Å². The lowest BCUT2D eigenvalue weighted by molar-refractivity contribution is -0.385. The van der Waals surface area contributed by atoms with Crippen LogP contribution in [0, 0.1) is 24.0 Å². The molecule has 0 saturated carbocycles. The van der Waals surface area contributed by atoms with Crippen LogP contribution < -0.4 is 14.8 Å². The van der Waals surface area contributed by atoms with Gasteiger partial charge in [0.2, 0.25) is 5.75 Å². The molecule has 0 radical (unpaired) electrons. The summed E-state index contributed by atoms with van der Waals surface area (Å²) in [7, 11) is 1.34. The summed E-state index contributed by atoms with van der Waals surface area (Å²) in [5, 5.41) is 13.9. The molecule has 0 bridgehead atoms. The Morgan fingerprint density at radius 3 is 2.56 bits per heavy atom. The first kappa shape index (κ1) is 20.2. The molecule has 27 heavy (non-hydrogen) atoms. The Morgan fingerprint density at radius 1 is 1.22 bits per heavy atom. The van der Waals surface area contributed by atoms with Crippen LogP contribution in [-0.4, -0.2) is 24.5 Å². The van der Waals surface area contributed by atoms with Crippen molar-refractivity contribution in [3.63, 3.8) is 0 Å². The van der Waals surface area contributed by atoms with Crippen molar-refractivity contribution in [2.24, 2.45) is 0 Å².